The predicted octanol–water partition coefficient (Wildman–Crippen LogP) is 7.52. The van der Waals surface area contributed by atoms with Crippen LogP contribution in [0.25, 0.3) is 16.6 Å². The van der Waals surface area contributed by atoms with Crippen LogP contribution in [0.5, 0.6) is 0 Å². The molecule has 1 aromatic heterocycles. The molecule has 1 N–H and O–H groups in total. The van der Waals surface area contributed by atoms with Crippen molar-refractivity contribution in [3.63, 3.8) is 0 Å². The molecule has 4 aromatic rings. The second-order valence-corrected chi connectivity index (χ2v) is 19.7. The van der Waals surface area contributed by atoms with E-state index in [-0.39, 0.29) is 29.7 Å². The number of benzene rings is 3. The standard InChI is InChI=1S/C48H51BrN6O5/c49-34-7-5-9-36-41(34)43(58)51-46-48(18-2-1-3-19-48)33-11-10-30(28-38(33)54(36)46)29-16-24-52(25-17-29)31-14-20-47(21-15-31)22-26-53(27-23-47)35-8-4-6-32-40(35)45(60)55(44(32)59)37-12-13-39(56)50-42(37)57/h4-11,28-29,31,37H,1-3,12-27H2,(H,50,56,57). The number of hydrogen-bond donors (Lipinski definition) is 1. The number of amides is 4. The molecule has 1 atom stereocenters. The quantitative estimate of drug-likeness (QED) is 0.209. The van der Waals surface area contributed by atoms with Gasteiger partial charge in [0.1, 0.15) is 11.9 Å². The molecule has 5 aliphatic heterocycles. The third kappa shape index (κ3) is 5.90. The summed E-state index contributed by atoms with van der Waals surface area (Å²) in [5.41, 5.74) is 6.41. The Labute approximate surface area is 358 Å². The van der Waals surface area contributed by atoms with Crippen LogP contribution >= 0.6 is 15.9 Å². The van der Waals surface area contributed by atoms with E-state index in [1.807, 2.05) is 24.3 Å². The van der Waals surface area contributed by atoms with Crippen LogP contribution in [0.15, 0.2) is 63.9 Å². The Hall–Kier alpha value is -4.68. The van der Waals surface area contributed by atoms with Gasteiger partial charge in [-0.15, -0.1) is 0 Å². The van der Waals surface area contributed by atoms with E-state index < -0.39 is 23.8 Å². The fourth-order valence-corrected chi connectivity index (χ4v) is 13.1. The molecule has 3 aromatic carbocycles. The van der Waals surface area contributed by atoms with Crippen LogP contribution in [0.4, 0.5) is 5.69 Å². The zero-order chi connectivity index (χ0) is 40.9. The number of piperidine rings is 3. The number of hydrogen-bond acceptors (Lipinski definition) is 8. The van der Waals surface area contributed by atoms with Gasteiger partial charge in [-0.05, 0) is 152 Å². The number of aromatic nitrogens is 2. The normalized spacial score (nSPS) is 24.3. The number of rotatable bonds is 4. The molecular weight excluding hydrogens is 820 g/mol. The molecule has 310 valence electrons. The first-order chi connectivity index (χ1) is 29.1. The summed E-state index contributed by atoms with van der Waals surface area (Å²) in [4.78, 5) is 76.1. The van der Waals surface area contributed by atoms with Gasteiger partial charge in [0.15, 0.2) is 0 Å². The van der Waals surface area contributed by atoms with Crippen molar-refractivity contribution in [1.82, 2.24) is 24.7 Å². The van der Waals surface area contributed by atoms with E-state index in [1.54, 1.807) is 6.07 Å². The summed E-state index contributed by atoms with van der Waals surface area (Å²) in [5.74, 6) is -0.403. The molecule has 0 bridgehead atoms. The van der Waals surface area contributed by atoms with Crippen LogP contribution in [0.2, 0.25) is 0 Å². The summed E-state index contributed by atoms with van der Waals surface area (Å²) in [7, 11) is 0. The van der Waals surface area contributed by atoms with Crippen LogP contribution in [-0.4, -0.2) is 81.2 Å². The first-order valence-corrected chi connectivity index (χ1v) is 23.1. The Morgan fingerprint density at radius 1 is 0.733 bits per heavy atom. The fraction of sp³-hybridized carbons (Fsp3) is 0.500. The van der Waals surface area contributed by atoms with E-state index >= 15 is 0 Å². The highest BCUT2D eigenvalue weighted by molar-refractivity contribution is 9.10. The van der Waals surface area contributed by atoms with Gasteiger partial charge >= 0.3 is 0 Å². The first kappa shape index (κ1) is 38.3. The highest BCUT2D eigenvalue weighted by Gasteiger charge is 2.49. The van der Waals surface area contributed by atoms with Crippen LogP contribution in [0.1, 0.15) is 140 Å². The van der Waals surface area contributed by atoms with E-state index in [1.165, 1.54) is 48.9 Å². The maximum Gasteiger partial charge on any atom is 0.281 e. The van der Waals surface area contributed by atoms with Gasteiger partial charge in [0.2, 0.25) is 11.8 Å². The molecule has 5 fully saturated rings. The fourth-order valence-electron chi connectivity index (χ4n) is 12.6. The van der Waals surface area contributed by atoms with Crippen LogP contribution in [0, 0.1) is 5.41 Å². The van der Waals surface area contributed by atoms with Crippen LogP contribution < -0.4 is 15.8 Å². The predicted molar refractivity (Wildman–Crippen MR) is 232 cm³/mol. The number of nitrogens with one attached hydrogen (secondary N) is 1. The lowest BCUT2D eigenvalue weighted by Crippen LogP contribution is -2.54. The van der Waals surface area contributed by atoms with Gasteiger partial charge < -0.3 is 9.80 Å². The Balaban J connectivity index is 0.741. The zero-order valence-electron chi connectivity index (χ0n) is 34.0. The Bertz CT molecular complexity index is 2540. The number of carbonyl (C=O) groups excluding carboxylic acids is 4. The highest BCUT2D eigenvalue weighted by atomic mass is 79.9. The smallest absolute Gasteiger partial charge is 0.281 e. The SMILES string of the molecule is O=C1CCC(N2C(=O)c3cccc(N4CCC5(CCC(N6CCC(c7ccc8c(c7)-n7c(nc(=O)c9c(Br)cccc97)C87CCCCC7)CC6)CC5)CC4)c3C2=O)C(=O)N1. The van der Waals surface area contributed by atoms with Crippen molar-refractivity contribution in [3.05, 3.63) is 97.5 Å². The molecule has 60 heavy (non-hydrogen) atoms. The molecule has 1 unspecified atom stereocenters. The van der Waals surface area contributed by atoms with Crippen LogP contribution in [-0.2, 0) is 15.0 Å². The van der Waals surface area contributed by atoms with Crippen molar-refractivity contribution >= 4 is 56.1 Å². The van der Waals surface area contributed by atoms with E-state index in [0.717, 1.165) is 104 Å². The highest BCUT2D eigenvalue weighted by Crippen LogP contribution is 2.53. The third-order valence-electron chi connectivity index (χ3n) is 15.9. The summed E-state index contributed by atoms with van der Waals surface area (Å²) in [6.45, 7) is 3.88. The summed E-state index contributed by atoms with van der Waals surface area (Å²) >= 11 is 3.66. The summed E-state index contributed by atoms with van der Waals surface area (Å²) in [6, 6.07) is 18.4. The Morgan fingerprint density at radius 3 is 2.23 bits per heavy atom. The topological polar surface area (TPSA) is 125 Å². The van der Waals surface area contributed by atoms with Gasteiger partial charge in [-0.1, -0.05) is 43.5 Å². The lowest BCUT2D eigenvalue weighted by molar-refractivity contribution is -0.136. The molecule has 2 saturated carbocycles. The molecule has 2 spiro atoms. The molecular formula is C48H51BrN6O5. The van der Waals surface area contributed by atoms with E-state index in [9.17, 15) is 24.0 Å². The Kier molecular flexibility index (Phi) is 9.22. The number of anilines is 1. The second-order valence-electron chi connectivity index (χ2n) is 18.8. The van der Waals surface area contributed by atoms with Crippen LogP contribution in [0.3, 0.4) is 0 Å². The monoisotopic (exact) mass is 870 g/mol. The summed E-state index contributed by atoms with van der Waals surface area (Å²) in [6.07, 6.45) is 15.1. The minimum atomic E-state index is -0.962. The molecule has 11 rings (SSSR count). The average molecular weight is 872 g/mol. The van der Waals surface area contributed by atoms with E-state index in [0.29, 0.717) is 33.9 Å². The first-order valence-electron chi connectivity index (χ1n) is 22.3. The number of fused-ring (bicyclic) bond motifs is 8. The lowest BCUT2D eigenvalue weighted by atomic mass is 9.66. The van der Waals surface area contributed by atoms with Gasteiger partial charge in [-0.3, -0.25) is 38.8 Å². The lowest BCUT2D eigenvalue weighted by Gasteiger charge is -2.49. The maximum absolute atomic E-state index is 13.8. The number of likely N-dealkylation sites (tertiary alicyclic amines) is 1. The number of imide groups is 2. The largest absolute Gasteiger partial charge is 0.371 e. The summed E-state index contributed by atoms with van der Waals surface area (Å²) < 4.78 is 3.13. The number of nitrogens with zero attached hydrogens (tertiary/aromatic N) is 5. The van der Waals surface area contributed by atoms with Gasteiger partial charge in [0.25, 0.3) is 17.4 Å². The number of halogens is 1. The van der Waals surface area contributed by atoms with Gasteiger partial charge in [-0.25, -0.2) is 0 Å². The van der Waals surface area contributed by atoms with Crippen molar-refractivity contribution in [2.75, 3.05) is 31.1 Å². The molecule has 3 saturated heterocycles. The molecule has 6 heterocycles. The summed E-state index contributed by atoms with van der Waals surface area (Å²) in [5, 5.41) is 2.95. The van der Waals surface area contributed by atoms with Gasteiger partial charge in [-0.2, -0.15) is 4.98 Å². The van der Waals surface area contributed by atoms with Gasteiger partial charge in [0, 0.05) is 30.0 Å². The molecule has 11 nitrogen and oxygen atoms in total. The van der Waals surface area contributed by atoms with E-state index in [4.69, 9.17) is 4.98 Å². The third-order valence-corrected chi connectivity index (χ3v) is 16.6. The van der Waals surface area contributed by atoms with Crippen molar-refractivity contribution in [2.45, 2.75) is 120 Å². The van der Waals surface area contributed by atoms with Crippen molar-refractivity contribution in [2.24, 2.45) is 5.41 Å². The minimum absolute atomic E-state index is 0.107. The molecule has 12 heteroatoms. The maximum atomic E-state index is 13.8. The molecule has 2 aliphatic carbocycles. The van der Waals surface area contributed by atoms with E-state index in [2.05, 4.69) is 59.9 Å². The average Bonchev–Trinajstić information content (AvgIpc) is 3.67. The second kappa shape index (κ2) is 14.5. The molecule has 0 radical (unpaired) electrons. The zero-order valence-corrected chi connectivity index (χ0v) is 35.6. The van der Waals surface area contributed by atoms with Gasteiger partial charge in [0.05, 0.1) is 38.8 Å². The molecule has 4 amide bonds. The van der Waals surface area contributed by atoms with Crippen molar-refractivity contribution < 1.29 is 19.2 Å². The molecule has 7 aliphatic rings. The number of carbonyl (C=O) groups is 4. The Morgan fingerprint density at radius 2 is 1.48 bits per heavy atom. The van der Waals surface area contributed by atoms with Crippen molar-refractivity contribution in [3.8, 4) is 5.69 Å². The van der Waals surface area contributed by atoms with Crippen molar-refractivity contribution in [1.29, 1.82) is 0 Å². The minimum Gasteiger partial charge on any atom is -0.371 e.